The molecule has 4 aliphatic heterocycles. The van der Waals surface area contributed by atoms with Crippen molar-refractivity contribution in [2.24, 2.45) is 11.8 Å². The Balaban J connectivity index is 1.52. The molecule has 1 unspecified atom stereocenters. The van der Waals surface area contributed by atoms with Crippen molar-refractivity contribution in [2.75, 3.05) is 24.7 Å². The number of para-hydroxylation sites is 1. The first kappa shape index (κ1) is 28.4. The number of aliphatic hydroxyl groups is 1. The Kier molecular flexibility index (Phi) is 7.31. The van der Waals surface area contributed by atoms with Gasteiger partial charge in [-0.1, -0.05) is 72.8 Å². The fourth-order valence-electron chi connectivity index (χ4n) is 7.54. The lowest BCUT2D eigenvalue weighted by Gasteiger charge is -2.40. The number of esters is 1. The molecule has 1 spiro atoms. The highest BCUT2D eigenvalue weighted by Crippen LogP contribution is 2.57. The number of aryl methyl sites for hydroxylation is 2. The van der Waals surface area contributed by atoms with Gasteiger partial charge in [0, 0.05) is 12.2 Å². The van der Waals surface area contributed by atoms with Gasteiger partial charge in [-0.05, 0) is 56.7 Å². The Hall–Kier alpha value is -3.75. The van der Waals surface area contributed by atoms with Gasteiger partial charge in [-0.2, -0.15) is 0 Å². The van der Waals surface area contributed by atoms with E-state index in [1.807, 2.05) is 93.6 Å². The number of hydrogen-bond donors (Lipinski definition) is 1. The minimum atomic E-state index is -1.43. The molecule has 0 aliphatic carbocycles. The lowest BCUT2D eigenvalue weighted by Crippen LogP contribution is -2.59. The number of rotatable bonds is 5. The molecule has 2 saturated heterocycles. The number of likely N-dealkylation sites (tertiary alicyclic amines) is 1. The second kappa shape index (κ2) is 10.8. The third-order valence-corrected chi connectivity index (χ3v) is 9.32. The van der Waals surface area contributed by atoms with Gasteiger partial charge in [-0.3, -0.25) is 14.4 Å². The standard InChI is InChI=1S/C34H38N2O6/c1-22-12-10-13-23(2)28(22)35-18-11-17-34-26(27-32(40)41-19-9-5-8-16-33(27,3)42-34)30(38)36(29(34)31(35)39)25(21-37)20-24-14-6-4-7-15-24/h4,6-8,10-17,25-27,29,37H,5,9,18-21H2,1-3H3/b16-8-/t25-,26+,27+,29?,33-,34+/m1/s1. The van der Waals surface area contributed by atoms with Crippen LogP contribution in [0.2, 0.25) is 0 Å². The summed E-state index contributed by atoms with van der Waals surface area (Å²) in [6, 6.07) is 13.7. The highest BCUT2D eigenvalue weighted by Gasteiger charge is 2.75. The third kappa shape index (κ3) is 4.39. The van der Waals surface area contributed by atoms with E-state index < -0.39 is 41.1 Å². The molecule has 2 fully saturated rings. The molecule has 0 aromatic heterocycles. The van der Waals surface area contributed by atoms with E-state index in [0.717, 1.165) is 22.4 Å². The summed E-state index contributed by atoms with van der Waals surface area (Å²) in [5, 5.41) is 10.7. The molecule has 42 heavy (non-hydrogen) atoms. The van der Waals surface area contributed by atoms with Crippen LogP contribution in [-0.2, 0) is 30.3 Å². The number of benzene rings is 2. The highest BCUT2D eigenvalue weighted by molar-refractivity contribution is 6.06. The summed E-state index contributed by atoms with van der Waals surface area (Å²) >= 11 is 0. The molecule has 0 bridgehead atoms. The van der Waals surface area contributed by atoms with E-state index in [2.05, 4.69) is 0 Å². The van der Waals surface area contributed by atoms with E-state index in [4.69, 9.17) is 9.47 Å². The molecule has 8 nitrogen and oxygen atoms in total. The quantitative estimate of drug-likeness (QED) is 0.435. The number of cyclic esters (lactones) is 1. The summed E-state index contributed by atoms with van der Waals surface area (Å²) in [5.41, 5.74) is 1.01. The van der Waals surface area contributed by atoms with Crippen molar-refractivity contribution < 1.29 is 29.0 Å². The maximum absolute atomic E-state index is 14.9. The van der Waals surface area contributed by atoms with Gasteiger partial charge >= 0.3 is 5.97 Å². The van der Waals surface area contributed by atoms with E-state index in [9.17, 15) is 19.5 Å². The summed E-state index contributed by atoms with van der Waals surface area (Å²) in [7, 11) is 0. The average molecular weight is 571 g/mol. The van der Waals surface area contributed by atoms with Crippen molar-refractivity contribution in [3.8, 4) is 0 Å². The first-order valence-electron chi connectivity index (χ1n) is 14.8. The molecule has 2 amide bonds. The molecule has 2 aromatic rings. The lowest BCUT2D eigenvalue weighted by atomic mass is 9.74. The minimum absolute atomic E-state index is 0.249. The van der Waals surface area contributed by atoms with Crippen LogP contribution in [0.4, 0.5) is 5.69 Å². The van der Waals surface area contributed by atoms with E-state index in [1.54, 1.807) is 4.90 Å². The van der Waals surface area contributed by atoms with Gasteiger partial charge in [0.2, 0.25) is 5.91 Å². The first-order chi connectivity index (χ1) is 20.2. The number of allylic oxidation sites excluding steroid dienone is 1. The molecule has 4 heterocycles. The zero-order valence-corrected chi connectivity index (χ0v) is 24.4. The molecule has 0 saturated carbocycles. The second-order valence-electron chi connectivity index (χ2n) is 12.1. The van der Waals surface area contributed by atoms with E-state index >= 15 is 0 Å². The van der Waals surface area contributed by atoms with Crippen LogP contribution in [0, 0.1) is 25.7 Å². The number of aliphatic hydroxyl groups excluding tert-OH is 1. The fourth-order valence-corrected chi connectivity index (χ4v) is 7.54. The summed E-state index contributed by atoms with van der Waals surface area (Å²) in [6.45, 7) is 5.91. The van der Waals surface area contributed by atoms with Crippen LogP contribution in [0.3, 0.4) is 0 Å². The second-order valence-corrected chi connectivity index (χ2v) is 12.1. The lowest BCUT2D eigenvalue weighted by molar-refractivity contribution is -0.159. The van der Waals surface area contributed by atoms with Gasteiger partial charge in [-0.15, -0.1) is 0 Å². The van der Waals surface area contributed by atoms with Crippen molar-refractivity contribution in [3.05, 3.63) is 89.5 Å². The number of ether oxygens (including phenoxy) is 2. The average Bonchev–Trinajstić information content (AvgIpc) is 3.32. The summed E-state index contributed by atoms with van der Waals surface area (Å²) in [4.78, 5) is 46.5. The molecule has 2 aromatic carbocycles. The van der Waals surface area contributed by atoms with Gasteiger partial charge in [0.1, 0.15) is 17.6 Å². The Bertz CT molecular complexity index is 1430. The topological polar surface area (TPSA) is 96.4 Å². The molecule has 6 rings (SSSR count). The van der Waals surface area contributed by atoms with Gasteiger partial charge < -0.3 is 24.4 Å². The predicted molar refractivity (Wildman–Crippen MR) is 158 cm³/mol. The van der Waals surface area contributed by atoms with Crippen LogP contribution >= 0.6 is 0 Å². The first-order valence-corrected chi connectivity index (χ1v) is 14.8. The Labute approximate surface area is 246 Å². The molecule has 0 radical (unpaired) electrons. The van der Waals surface area contributed by atoms with Crippen molar-refractivity contribution in [1.29, 1.82) is 0 Å². The Morgan fingerprint density at radius 3 is 2.40 bits per heavy atom. The van der Waals surface area contributed by atoms with Gasteiger partial charge in [0.15, 0.2) is 0 Å². The van der Waals surface area contributed by atoms with Crippen LogP contribution in [-0.4, -0.2) is 70.8 Å². The van der Waals surface area contributed by atoms with Crippen LogP contribution < -0.4 is 4.90 Å². The molecular formula is C34H38N2O6. The predicted octanol–water partition coefficient (Wildman–Crippen LogP) is 3.67. The van der Waals surface area contributed by atoms with Crippen LogP contribution in [0.1, 0.15) is 36.5 Å². The maximum atomic E-state index is 14.9. The molecule has 220 valence electrons. The number of fused-ring (bicyclic) bond motifs is 2. The van der Waals surface area contributed by atoms with Crippen LogP contribution in [0.25, 0.3) is 0 Å². The number of carbonyl (C=O) groups excluding carboxylic acids is 3. The number of anilines is 1. The van der Waals surface area contributed by atoms with Gasteiger partial charge in [-0.25, -0.2) is 0 Å². The van der Waals surface area contributed by atoms with E-state index in [0.29, 0.717) is 19.3 Å². The Morgan fingerprint density at radius 1 is 0.952 bits per heavy atom. The monoisotopic (exact) mass is 570 g/mol. The maximum Gasteiger partial charge on any atom is 0.313 e. The SMILES string of the molecule is Cc1cccc(C)c1N1CC=C[C@]23O[C@]4(C)/C=C\CCCOC(=O)[C@@H]4[C@H]2C(=O)N([C@@H](CO)Cc2ccccc2)C3C1=O. The summed E-state index contributed by atoms with van der Waals surface area (Å²) < 4.78 is 12.6. The molecular weight excluding hydrogens is 532 g/mol. The molecule has 8 heteroatoms. The number of carbonyl (C=O) groups is 3. The van der Waals surface area contributed by atoms with Gasteiger partial charge in [0.05, 0.1) is 30.8 Å². The van der Waals surface area contributed by atoms with Crippen molar-refractivity contribution in [1.82, 2.24) is 4.90 Å². The normalized spacial score (nSPS) is 32.2. The smallest absolute Gasteiger partial charge is 0.313 e. The highest BCUT2D eigenvalue weighted by atomic mass is 16.6. The van der Waals surface area contributed by atoms with Gasteiger partial charge in [0.25, 0.3) is 5.91 Å². The number of hydrogen-bond acceptors (Lipinski definition) is 6. The third-order valence-electron chi connectivity index (χ3n) is 9.32. The molecule has 1 N–H and O–H groups in total. The van der Waals surface area contributed by atoms with Crippen molar-refractivity contribution in [3.63, 3.8) is 0 Å². The van der Waals surface area contributed by atoms with Crippen molar-refractivity contribution in [2.45, 2.75) is 63.3 Å². The summed E-state index contributed by atoms with van der Waals surface area (Å²) in [6.07, 6.45) is 9.27. The van der Waals surface area contributed by atoms with Crippen LogP contribution in [0.15, 0.2) is 72.8 Å². The molecule has 4 aliphatic rings. The van der Waals surface area contributed by atoms with E-state index in [-0.39, 0.29) is 31.6 Å². The largest absolute Gasteiger partial charge is 0.465 e. The number of nitrogens with zero attached hydrogens (tertiary/aromatic N) is 2. The number of amides is 2. The minimum Gasteiger partial charge on any atom is -0.465 e. The molecule has 6 atom stereocenters. The van der Waals surface area contributed by atoms with Crippen molar-refractivity contribution >= 4 is 23.5 Å². The zero-order chi connectivity index (χ0) is 29.6. The fraction of sp³-hybridized carbons (Fsp3) is 0.441. The van der Waals surface area contributed by atoms with Crippen LogP contribution in [0.5, 0.6) is 0 Å². The Morgan fingerprint density at radius 2 is 1.69 bits per heavy atom. The summed E-state index contributed by atoms with van der Waals surface area (Å²) in [5.74, 6) is -3.13. The van der Waals surface area contributed by atoms with E-state index in [1.165, 1.54) is 4.90 Å². The zero-order valence-electron chi connectivity index (χ0n) is 24.4.